The molecule has 0 spiro atoms. The molecule has 21 heteroatoms. The van der Waals surface area contributed by atoms with Gasteiger partial charge in [-0.3, -0.25) is 4.79 Å². The van der Waals surface area contributed by atoms with Crippen LogP contribution < -0.4 is 5.32 Å². The topological polar surface area (TPSA) is 319 Å². The van der Waals surface area contributed by atoms with Gasteiger partial charge in [0.2, 0.25) is 5.91 Å². The number of amides is 1. The third-order valence-corrected chi connectivity index (χ3v) is 11.2. The van der Waals surface area contributed by atoms with E-state index in [0.29, 0.717) is 12.8 Å². The maximum atomic E-state index is 13.8. The van der Waals surface area contributed by atoms with Gasteiger partial charge in [-0.15, -0.1) is 0 Å². The van der Waals surface area contributed by atoms with Crippen molar-refractivity contribution in [2.75, 3.05) is 20.3 Å². The van der Waals surface area contributed by atoms with Crippen LogP contribution in [0, 0.1) is 5.92 Å². The molecule has 1 saturated carbocycles. The smallest absolute Gasteiger partial charge is 0.366 e. The normalized spacial score (nSPS) is 41.3. The lowest BCUT2D eigenvalue weighted by Crippen LogP contribution is -2.71. The van der Waals surface area contributed by atoms with Crippen molar-refractivity contribution in [3.8, 4) is 0 Å². The Balaban J connectivity index is 1.54. The van der Waals surface area contributed by atoms with Crippen LogP contribution in [0.1, 0.15) is 56.8 Å². The molecule has 1 aromatic carbocycles. The van der Waals surface area contributed by atoms with E-state index >= 15 is 0 Å². The number of carbonyl (C=O) groups excluding carboxylic acids is 3. The highest BCUT2D eigenvalue weighted by molar-refractivity contribution is 5.89. The number of methoxy groups -OCH3 is 1. The highest BCUT2D eigenvalue weighted by atomic mass is 16.8. The first-order valence-corrected chi connectivity index (χ1v) is 19.5. The van der Waals surface area contributed by atoms with Crippen LogP contribution in [-0.4, -0.2) is 194 Å². The van der Waals surface area contributed by atoms with Crippen molar-refractivity contribution in [3.05, 3.63) is 35.9 Å². The molecule has 21 nitrogen and oxygen atoms in total. The molecule has 5 rings (SSSR count). The summed E-state index contributed by atoms with van der Waals surface area (Å²) in [5.74, 6) is -6.12. The van der Waals surface area contributed by atoms with Crippen LogP contribution in [0.2, 0.25) is 0 Å². The van der Waals surface area contributed by atoms with Gasteiger partial charge in [-0.05, 0) is 37.8 Å². The Hall–Kier alpha value is -2.97. The summed E-state index contributed by atoms with van der Waals surface area (Å²) in [4.78, 5) is 39.7. The summed E-state index contributed by atoms with van der Waals surface area (Å²) in [6.07, 6.45) is -24.9. The summed E-state index contributed by atoms with van der Waals surface area (Å²) < 4.78 is 47.6. The quantitative estimate of drug-likeness (QED) is 0.0807. The van der Waals surface area contributed by atoms with E-state index in [0.717, 1.165) is 14.0 Å². The number of esters is 2. The minimum Gasteiger partial charge on any atom is -0.465 e. The Morgan fingerprint density at radius 3 is 2.20 bits per heavy atom. The predicted octanol–water partition coefficient (Wildman–Crippen LogP) is -3.67. The summed E-state index contributed by atoms with van der Waals surface area (Å²) in [6, 6.07) is 6.11. The van der Waals surface area contributed by atoms with E-state index in [2.05, 4.69) is 5.32 Å². The van der Waals surface area contributed by atoms with Crippen LogP contribution in [0.15, 0.2) is 30.3 Å². The third-order valence-electron chi connectivity index (χ3n) is 11.2. The summed E-state index contributed by atoms with van der Waals surface area (Å²) in [5, 5.41) is 98.5. The molecule has 0 aromatic heterocycles. The fourth-order valence-corrected chi connectivity index (χ4v) is 7.95. The van der Waals surface area contributed by atoms with E-state index in [4.69, 9.17) is 37.9 Å². The molecule has 3 heterocycles. The molecule has 0 bridgehead atoms. The maximum Gasteiger partial charge on any atom is 0.366 e. The number of benzene rings is 1. The van der Waals surface area contributed by atoms with Crippen LogP contribution >= 0.6 is 0 Å². The van der Waals surface area contributed by atoms with Crippen molar-refractivity contribution in [2.45, 2.75) is 156 Å². The van der Waals surface area contributed by atoms with E-state index in [9.17, 15) is 60.3 Å². The average Bonchev–Trinajstić information content (AvgIpc) is 3.22. The number of ether oxygens (including phenoxy) is 8. The Kier molecular flexibility index (Phi) is 16.2. The van der Waals surface area contributed by atoms with Crippen molar-refractivity contribution in [2.24, 2.45) is 5.92 Å². The lowest BCUT2D eigenvalue weighted by atomic mass is 9.85. The fourth-order valence-electron chi connectivity index (χ4n) is 7.95. The number of aliphatic hydroxyl groups is 9. The third kappa shape index (κ3) is 10.4. The van der Waals surface area contributed by atoms with Gasteiger partial charge in [0.25, 0.3) is 5.79 Å². The molecule has 3 aliphatic heterocycles. The standard InChI is InChI=1S/C38H57NO20/c1-16-9-8-12-22(30(16)57-35-29(49)28(48)25(45)17(2)53-35)54-36-33(56-34(50)19-10-6-5-7-11-19)32(27(47)23(15-41)55-36)59-38(37(51)52-4)13-20(43)24(39-18(3)42)31(58-38)26(46)21(44)14-40/h5-7,10-11,16-17,20-33,35-36,40-41,43-49H,8-9,12-15H2,1-4H3,(H,39,42)/t16?,17?,20?,21-,22?,23?,24?,25?,26-,27?,28?,29?,30?,31?,32?,33?,35?,36?,38?/m1/s1. The van der Waals surface area contributed by atoms with Crippen molar-refractivity contribution in [3.63, 3.8) is 0 Å². The highest BCUT2D eigenvalue weighted by Gasteiger charge is 2.61. The first-order valence-electron chi connectivity index (χ1n) is 19.5. The van der Waals surface area contributed by atoms with E-state index < -0.39 is 147 Å². The second-order valence-electron chi connectivity index (χ2n) is 15.5. The lowest BCUT2D eigenvalue weighted by Gasteiger charge is -2.51. The number of hydrogen-bond acceptors (Lipinski definition) is 20. The Morgan fingerprint density at radius 1 is 0.881 bits per heavy atom. The van der Waals surface area contributed by atoms with Gasteiger partial charge in [-0.25, -0.2) is 9.59 Å². The van der Waals surface area contributed by atoms with E-state index in [1.54, 1.807) is 18.2 Å². The van der Waals surface area contributed by atoms with Gasteiger partial charge in [0.1, 0.15) is 54.9 Å². The molecule has 10 N–H and O–H groups in total. The molecule has 17 unspecified atom stereocenters. The molecule has 4 fully saturated rings. The average molecular weight is 848 g/mol. The zero-order valence-electron chi connectivity index (χ0n) is 33.0. The van der Waals surface area contributed by atoms with Crippen molar-refractivity contribution < 1.29 is 98.2 Å². The van der Waals surface area contributed by atoms with Crippen LogP contribution in [0.3, 0.4) is 0 Å². The van der Waals surface area contributed by atoms with Gasteiger partial charge < -0.3 is 89.2 Å². The molecule has 1 aliphatic carbocycles. The SMILES string of the molecule is COC(=O)C1(OC2C(O)C(CO)OC(OC3CCCC(C)C3OC3OC(C)C(O)C(O)C3O)C2OC(=O)c2ccccc2)CC(O)C(NC(C)=O)C([C@H](O)[C@H](O)CO)O1. The molecule has 19 atom stereocenters. The molecular formula is C38H57NO20. The van der Waals surface area contributed by atoms with Gasteiger partial charge in [-0.1, -0.05) is 31.5 Å². The largest absolute Gasteiger partial charge is 0.465 e. The van der Waals surface area contributed by atoms with Crippen LogP contribution in [0.4, 0.5) is 0 Å². The summed E-state index contributed by atoms with van der Waals surface area (Å²) >= 11 is 0. The van der Waals surface area contributed by atoms with Crippen molar-refractivity contribution >= 4 is 17.8 Å². The molecule has 1 aromatic rings. The lowest BCUT2D eigenvalue weighted by molar-refractivity contribution is -0.378. The van der Waals surface area contributed by atoms with E-state index in [1.165, 1.54) is 19.1 Å². The summed E-state index contributed by atoms with van der Waals surface area (Å²) in [5.41, 5.74) is 0.0286. The van der Waals surface area contributed by atoms with Crippen molar-refractivity contribution in [1.82, 2.24) is 5.32 Å². The van der Waals surface area contributed by atoms with E-state index in [1.807, 2.05) is 6.92 Å². The molecule has 3 saturated heterocycles. The second-order valence-corrected chi connectivity index (χ2v) is 15.5. The first kappa shape index (κ1) is 47.1. The maximum absolute atomic E-state index is 13.8. The Morgan fingerprint density at radius 2 is 1.58 bits per heavy atom. The molecule has 1 amide bonds. The fraction of sp³-hybridized carbons (Fsp3) is 0.763. The zero-order chi connectivity index (χ0) is 43.3. The van der Waals surface area contributed by atoms with Crippen LogP contribution in [-0.2, 0) is 47.5 Å². The number of nitrogens with one attached hydrogen (secondary N) is 1. The molecule has 334 valence electrons. The molecule has 59 heavy (non-hydrogen) atoms. The summed E-state index contributed by atoms with van der Waals surface area (Å²) in [6.45, 7) is 2.53. The minimum atomic E-state index is -2.81. The number of aliphatic hydroxyl groups excluding tert-OH is 9. The Bertz CT molecular complexity index is 1540. The second kappa shape index (κ2) is 20.3. The van der Waals surface area contributed by atoms with E-state index in [-0.39, 0.29) is 17.9 Å². The zero-order valence-corrected chi connectivity index (χ0v) is 33.0. The molecule has 0 radical (unpaired) electrons. The predicted molar refractivity (Wildman–Crippen MR) is 194 cm³/mol. The summed E-state index contributed by atoms with van der Waals surface area (Å²) in [7, 11) is 0.935. The monoisotopic (exact) mass is 847 g/mol. The number of carbonyl (C=O) groups is 3. The Labute approximate surface area is 339 Å². The van der Waals surface area contributed by atoms with Crippen molar-refractivity contribution in [1.29, 1.82) is 0 Å². The molecule has 4 aliphatic rings. The number of hydrogen-bond donors (Lipinski definition) is 10. The first-order chi connectivity index (χ1) is 28.0. The van der Waals surface area contributed by atoms with Gasteiger partial charge in [0, 0.05) is 13.3 Å². The van der Waals surface area contributed by atoms with Gasteiger partial charge in [-0.2, -0.15) is 0 Å². The minimum absolute atomic E-state index is 0.0286. The van der Waals surface area contributed by atoms with Gasteiger partial charge in [0.15, 0.2) is 18.7 Å². The van der Waals surface area contributed by atoms with Gasteiger partial charge in [0.05, 0.1) is 56.3 Å². The molecular weight excluding hydrogens is 790 g/mol. The highest BCUT2D eigenvalue weighted by Crippen LogP contribution is 2.41. The van der Waals surface area contributed by atoms with Crippen LogP contribution in [0.5, 0.6) is 0 Å². The van der Waals surface area contributed by atoms with Gasteiger partial charge >= 0.3 is 11.9 Å². The number of rotatable bonds is 14. The van der Waals surface area contributed by atoms with Crippen LogP contribution in [0.25, 0.3) is 0 Å².